The fourth-order valence-electron chi connectivity index (χ4n) is 1.86. The number of urea groups is 1. The molecular weight excluding hydrogens is 252 g/mol. The Morgan fingerprint density at radius 3 is 2.83 bits per heavy atom. The second-order valence-corrected chi connectivity index (χ2v) is 5.51. The number of likely N-dealkylation sites (tertiary alicyclic amines) is 1. The zero-order valence-electron chi connectivity index (χ0n) is 10.2. The van der Waals surface area contributed by atoms with Gasteiger partial charge in [-0.3, -0.25) is 4.79 Å². The summed E-state index contributed by atoms with van der Waals surface area (Å²) in [5, 5.41) is 10.8. The van der Waals surface area contributed by atoms with Crippen LogP contribution in [0.1, 0.15) is 4.88 Å². The maximum absolute atomic E-state index is 11.9. The van der Waals surface area contributed by atoms with Gasteiger partial charge < -0.3 is 14.9 Å². The van der Waals surface area contributed by atoms with Crippen LogP contribution < -0.4 is 0 Å². The Hall–Kier alpha value is -1.56. The topological polar surface area (TPSA) is 60.9 Å². The summed E-state index contributed by atoms with van der Waals surface area (Å²) in [6.07, 6.45) is 0.843. The molecule has 1 fully saturated rings. The maximum Gasteiger partial charge on any atom is 0.319 e. The van der Waals surface area contributed by atoms with E-state index in [1.807, 2.05) is 17.5 Å². The summed E-state index contributed by atoms with van der Waals surface area (Å²) in [6, 6.07) is 3.96. The van der Waals surface area contributed by atoms with Gasteiger partial charge in [0.15, 0.2) is 0 Å². The highest BCUT2D eigenvalue weighted by molar-refractivity contribution is 7.09. The minimum absolute atomic E-state index is 0.0796. The Morgan fingerprint density at radius 2 is 2.28 bits per heavy atom. The summed E-state index contributed by atoms with van der Waals surface area (Å²) in [6.45, 7) is 1.32. The van der Waals surface area contributed by atoms with Gasteiger partial charge in [0, 0.05) is 31.6 Å². The summed E-state index contributed by atoms with van der Waals surface area (Å²) in [5.74, 6) is -1.21. The lowest BCUT2D eigenvalue weighted by Crippen LogP contribution is -2.56. The molecule has 6 heteroatoms. The minimum Gasteiger partial charge on any atom is -0.481 e. The molecule has 5 nitrogen and oxygen atoms in total. The molecule has 0 bridgehead atoms. The van der Waals surface area contributed by atoms with Crippen LogP contribution in [0.3, 0.4) is 0 Å². The Kier molecular flexibility index (Phi) is 3.86. The summed E-state index contributed by atoms with van der Waals surface area (Å²) in [5.41, 5.74) is 0. The van der Waals surface area contributed by atoms with Crippen molar-refractivity contribution < 1.29 is 14.7 Å². The van der Waals surface area contributed by atoms with E-state index < -0.39 is 5.97 Å². The highest BCUT2D eigenvalue weighted by Crippen LogP contribution is 2.17. The predicted molar refractivity (Wildman–Crippen MR) is 68.7 cm³/mol. The van der Waals surface area contributed by atoms with Crippen LogP contribution in [0.15, 0.2) is 17.5 Å². The molecule has 0 aliphatic carbocycles. The van der Waals surface area contributed by atoms with Crippen LogP contribution in [0, 0.1) is 5.92 Å². The first-order valence-corrected chi connectivity index (χ1v) is 6.71. The number of hydrogen-bond acceptors (Lipinski definition) is 3. The van der Waals surface area contributed by atoms with Gasteiger partial charge in [-0.05, 0) is 17.9 Å². The molecule has 1 N–H and O–H groups in total. The first kappa shape index (κ1) is 12.9. The van der Waals surface area contributed by atoms with E-state index in [0.717, 1.165) is 6.42 Å². The molecular formula is C12H16N2O3S. The number of aliphatic carboxylic acids is 1. The zero-order valence-corrected chi connectivity index (χ0v) is 11.0. The van der Waals surface area contributed by atoms with E-state index in [2.05, 4.69) is 0 Å². The molecule has 2 heterocycles. The van der Waals surface area contributed by atoms with Gasteiger partial charge in [0.2, 0.25) is 0 Å². The number of likely N-dealkylation sites (N-methyl/N-ethyl adjacent to an activating group) is 1. The fourth-order valence-corrected chi connectivity index (χ4v) is 2.56. The number of carboxylic acids is 1. The largest absolute Gasteiger partial charge is 0.481 e. The molecule has 1 aromatic rings. The lowest BCUT2D eigenvalue weighted by Gasteiger charge is -2.38. The number of nitrogens with zero attached hydrogens (tertiary/aromatic N) is 2. The van der Waals surface area contributed by atoms with Crippen molar-refractivity contribution in [1.29, 1.82) is 0 Å². The average Bonchev–Trinajstić information content (AvgIpc) is 2.75. The van der Waals surface area contributed by atoms with Gasteiger partial charge in [0.05, 0.1) is 5.92 Å². The lowest BCUT2D eigenvalue weighted by atomic mass is 10.0. The average molecular weight is 268 g/mol. The molecule has 1 saturated heterocycles. The van der Waals surface area contributed by atoms with Gasteiger partial charge >= 0.3 is 12.0 Å². The van der Waals surface area contributed by atoms with Crippen molar-refractivity contribution in [3.05, 3.63) is 22.4 Å². The number of thiophene rings is 1. The molecule has 1 aliphatic heterocycles. The lowest BCUT2D eigenvalue weighted by molar-refractivity contribution is -0.146. The van der Waals surface area contributed by atoms with E-state index in [1.165, 1.54) is 4.88 Å². The Labute approximate surface area is 110 Å². The van der Waals surface area contributed by atoms with Crippen molar-refractivity contribution in [2.45, 2.75) is 6.42 Å². The molecule has 0 radical (unpaired) electrons. The van der Waals surface area contributed by atoms with Crippen molar-refractivity contribution in [1.82, 2.24) is 9.80 Å². The van der Waals surface area contributed by atoms with Crippen LogP contribution >= 0.6 is 11.3 Å². The monoisotopic (exact) mass is 268 g/mol. The van der Waals surface area contributed by atoms with Gasteiger partial charge in [-0.25, -0.2) is 4.79 Å². The highest BCUT2D eigenvalue weighted by Gasteiger charge is 2.36. The number of carboxylic acid groups (broad SMARTS) is 1. The van der Waals surface area contributed by atoms with Gasteiger partial charge in [0.25, 0.3) is 0 Å². The van der Waals surface area contributed by atoms with E-state index in [-0.39, 0.29) is 11.9 Å². The third-order valence-corrected chi connectivity index (χ3v) is 4.04. The maximum atomic E-state index is 11.9. The molecule has 2 amide bonds. The second kappa shape index (κ2) is 5.39. The van der Waals surface area contributed by atoms with E-state index in [9.17, 15) is 9.59 Å². The third-order valence-electron chi connectivity index (χ3n) is 3.10. The summed E-state index contributed by atoms with van der Waals surface area (Å²) in [7, 11) is 1.75. The van der Waals surface area contributed by atoms with Crippen LogP contribution in [0.5, 0.6) is 0 Å². The molecule has 2 rings (SSSR count). The SMILES string of the molecule is CN(CCc1cccs1)C(=O)N1CC(C(=O)O)C1. The molecule has 0 unspecified atom stereocenters. The highest BCUT2D eigenvalue weighted by atomic mass is 32.1. The summed E-state index contributed by atoms with van der Waals surface area (Å²) in [4.78, 5) is 27.0. The number of rotatable bonds is 4. The van der Waals surface area contributed by atoms with Gasteiger partial charge in [-0.2, -0.15) is 0 Å². The summed E-state index contributed by atoms with van der Waals surface area (Å²) >= 11 is 1.68. The predicted octanol–water partition coefficient (Wildman–Crippen LogP) is 1.36. The smallest absolute Gasteiger partial charge is 0.319 e. The molecule has 98 valence electrons. The van der Waals surface area contributed by atoms with Gasteiger partial charge in [-0.1, -0.05) is 6.07 Å². The van der Waals surface area contributed by atoms with Crippen LogP contribution in [-0.2, 0) is 11.2 Å². The summed E-state index contributed by atoms with van der Waals surface area (Å²) < 4.78 is 0. The first-order valence-electron chi connectivity index (χ1n) is 5.83. The van der Waals surface area contributed by atoms with Crippen LogP contribution in [-0.4, -0.2) is 53.6 Å². The molecule has 0 aromatic carbocycles. The molecule has 0 spiro atoms. The molecule has 1 aliphatic rings. The van der Waals surface area contributed by atoms with E-state index in [1.54, 1.807) is 28.2 Å². The number of carbonyl (C=O) groups is 2. The Balaban J connectivity index is 1.74. The fraction of sp³-hybridized carbons (Fsp3) is 0.500. The standard InChI is InChI=1S/C12H16N2O3S/c1-13(5-4-10-3-2-6-18-10)12(17)14-7-9(8-14)11(15)16/h2-3,6,9H,4-5,7-8H2,1H3,(H,15,16). The number of carbonyl (C=O) groups excluding carboxylic acids is 1. The van der Waals surface area contributed by atoms with Gasteiger partial charge in [0.1, 0.15) is 0 Å². The number of hydrogen-bond donors (Lipinski definition) is 1. The van der Waals surface area contributed by atoms with Crippen molar-refractivity contribution >= 4 is 23.3 Å². The quantitative estimate of drug-likeness (QED) is 0.897. The van der Waals surface area contributed by atoms with E-state index in [0.29, 0.717) is 19.6 Å². The van der Waals surface area contributed by atoms with Crippen LogP contribution in [0.25, 0.3) is 0 Å². The second-order valence-electron chi connectivity index (χ2n) is 4.47. The van der Waals surface area contributed by atoms with Crippen LogP contribution in [0.2, 0.25) is 0 Å². The van der Waals surface area contributed by atoms with Crippen molar-refractivity contribution in [2.24, 2.45) is 5.92 Å². The van der Waals surface area contributed by atoms with Crippen LogP contribution in [0.4, 0.5) is 4.79 Å². The molecule has 0 atom stereocenters. The van der Waals surface area contributed by atoms with Gasteiger partial charge in [-0.15, -0.1) is 11.3 Å². The third kappa shape index (κ3) is 2.81. The van der Waals surface area contributed by atoms with Crippen molar-refractivity contribution in [3.8, 4) is 0 Å². The molecule has 0 saturated carbocycles. The van der Waals surface area contributed by atoms with Crippen molar-refractivity contribution in [2.75, 3.05) is 26.7 Å². The normalized spacial score (nSPS) is 15.3. The Bertz CT molecular complexity index is 427. The first-order chi connectivity index (χ1) is 8.58. The van der Waals surface area contributed by atoms with E-state index in [4.69, 9.17) is 5.11 Å². The minimum atomic E-state index is -0.819. The molecule has 18 heavy (non-hydrogen) atoms. The number of amides is 2. The van der Waals surface area contributed by atoms with Crippen molar-refractivity contribution in [3.63, 3.8) is 0 Å². The van der Waals surface area contributed by atoms with E-state index >= 15 is 0 Å². The Morgan fingerprint density at radius 1 is 1.56 bits per heavy atom. The zero-order chi connectivity index (χ0) is 13.1. The molecule has 1 aromatic heterocycles.